The lowest BCUT2D eigenvalue weighted by atomic mass is 9.88. The van der Waals surface area contributed by atoms with Crippen molar-refractivity contribution >= 4 is 26.7 Å². The maximum atomic E-state index is 12.4. The lowest BCUT2D eigenvalue weighted by molar-refractivity contribution is 0.290. The molecule has 0 saturated carbocycles. The Morgan fingerprint density at radius 3 is 2.32 bits per heavy atom. The van der Waals surface area contributed by atoms with Crippen LogP contribution in [-0.4, -0.2) is 22.5 Å². The van der Waals surface area contributed by atoms with E-state index in [2.05, 4.69) is 48.9 Å². The van der Waals surface area contributed by atoms with E-state index in [-0.39, 0.29) is 11.5 Å². The first-order valence-electron chi connectivity index (χ1n) is 6.72. The van der Waals surface area contributed by atoms with Gasteiger partial charge in [-0.3, -0.25) is 4.21 Å². The van der Waals surface area contributed by atoms with Crippen LogP contribution in [0.2, 0.25) is 0 Å². The van der Waals surface area contributed by atoms with Crippen LogP contribution in [0.4, 0.5) is 0 Å². The summed E-state index contributed by atoms with van der Waals surface area (Å²) in [5.74, 6) is 0.658. The topological polar surface area (TPSA) is 29.1 Å². The van der Waals surface area contributed by atoms with Gasteiger partial charge in [-0.25, -0.2) is 0 Å². The van der Waals surface area contributed by atoms with Crippen molar-refractivity contribution in [2.75, 3.05) is 12.3 Å². The van der Waals surface area contributed by atoms with Crippen LogP contribution in [0.5, 0.6) is 0 Å². The van der Waals surface area contributed by atoms with Crippen LogP contribution in [0.25, 0.3) is 0 Å². The van der Waals surface area contributed by atoms with Gasteiger partial charge in [0.2, 0.25) is 0 Å². The fourth-order valence-corrected chi connectivity index (χ4v) is 3.58. The van der Waals surface area contributed by atoms with Gasteiger partial charge in [0.15, 0.2) is 0 Å². The smallest absolute Gasteiger partial charge is 0.0545 e. The van der Waals surface area contributed by atoms with Crippen molar-refractivity contribution in [2.45, 2.75) is 45.1 Å². The first-order valence-corrected chi connectivity index (χ1v) is 8.83. The van der Waals surface area contributed by atoms with Crippen LogP contribution in [0.1, 0.15) is 34.1 Å². The Bertz CT molecular complexity index is 411. The van der Waals surface area contributed by atoms with Gasteiger partial charge < -0.3 is 5.32 Å². The second-order valence-electron chi connectivity index (χ2n) is 5.84. The monoisotopic (exact) mass is 345 g/mol. The van der Waals surface area contributed by atoms with Crippen LogP contribution >= 0.6 is 15.9 Å². The summed E-state index contributed by atoms with van der Waals surface area (Å²) in [6.07, 6.45) is 1.09. The van der Waals surface area contributed by atoms with Gasteiger partial charge in [0.1, 0.15) is 0 Å². The molecule has 0 fully saturated rings. The van der Waals surface area contributed by atoms with Gasteiger partial charge in [0.05, 0.1) is 10.8 Å². The molecule has 0 aromatic heterocycles. The molecule has 1 rings (SSSR count). The van der Waals surface area contributed by atoms with Crippen LogP contribution in [0, 0.1) is 5.41 Å². The average molecular weight is 346 g/mol. The summed E-state index contributed by atoms with van der Waals surface area (Å²) < 4.78 is 13.5. The van der Waals surface area contributed by atoms with E-state index >= 15 is 0 Å². The molecule has 0 bridgehead atoms. The summed E-state index contributed by atoms with van der Waals surface area (Å²) in [6.45, 7) is 9.70. The van der Waals surface area contributed by atoms with Gasteiger partial charge in [0.25, 0.3) is 0 Å². The second kappa shape index (κ2) is 7.55. The maximum Gasteiger partial charge on any atom is 0.0545 e. The minimum atomic E-state index is -0.955. The number of benzene rings is 1. The van der Waals surface area contributed by atoms with Crippen molar-refractivity contribution in [1.29, 1.82) is 0 Å². The molecule has 0 radical (unpaired) electrons. The fourth-order valence-electron chi connectivity index (χ4n) is 1.77. The molecule has 2 unspecified atom stereocenters. The minimum Gasteiger partial charge on any atom is -0.313 e. The number of hydrogen-bond acceptors (Lipinski definition) is 2. The molecule has 0 aliphatic rings. The van der Waals surface area contributed by atoms with Crippen LogP contribution in [0.3, 0.4) is 0 Å². The molecule has 108 valence electrons. The van der Waals surface area contributed by atoms with Gasteiger partial charge in [-0.15, -0.1) is 0 Å². The predicted octanol–water partition coefficient (Wildman–Crippen LogP) is 3.97. The number of halogens is 1. The number of nitrogens with one attached hydrogen (secondary N) is 1. The number of hydrogen-bond donors (Lipinski definition) is 1. The normalized spacial score (nSPS) is 15.2. The summed E-state index contributed by atoms with van der Waals surface area (Å²) in [6, 6.07) is 8.01. The zero-order chi connectivity index (χ0) is 14.5. The average Bonchev–Trinajstić information content (AvgIpc) is 2.33. The van der Waals surface area contributed by atoms with Crippen molar-refractivity contribution in [2.24, 2.45) is 5.41 Å². The van der Waals surface area contributed by atoms with Gasteiger partial charge >= 0.3 is 0 Å². The molecule has 1 N–H and O–H groups in total. The highest BCUT2D eigenvalue weighted by molar-refractivity contribution is 9.10. The largest absolute Gasteiger partial charge is 0.313 e. The van der Waals surface area contributed by atoms with Crippen molar-refractivity contribution in [3.8, 4) is 0 Å². The molecule has 4 heteroatoms. The van der Waals surface area contributed by atoms with Crippen LogP contribution in [-0.2, 0) is 10.8 Å². The summed E-state index contributed by atoms with van der Waals surface area (Å²) in [4.78, 5) is 0.899. The highest BCUT2D eigenvalue weighted by atomic mass is 79.9. The Morgan fingerprint density at radius 2 is 1.84 bits per heavy atom. The SMILES string of the molecule is CCCNC(CS(=O)c1ccc(Br)cc1)C(C)(C)C. The third-order valence-corrected chi connectivity index (χ3v) is 5.04. The zero-order valence-corrected chi connectivity index (χ0v) is 14.6. The highest BCUT2D eigenvalue weighted by Gasteiger charge is 2.26. The first kappa shape index (κ1) is 16.9. The molecule has 0 amide bonds. The van der Waals surface area contributed by atoms with Crippen molar-refractivity contribution in [1.82, 2.24) is 5.32 Å². The van der Waals surface area contributed by atoms with E-state index in [1.165, 1.54) is 0 Å². The third-order valence-electron chi connectivity index (χ3n) is 3.08. The van der Waals surface area contributed by atoms with Gasteiger partial charge in [-0.2, -0.15) is 0 Å². The quantitative estimate of drug-likeness (QED) is 0.844. The Hall–Kier alpha value is -0.190. The molecule has 2 nitrogen and oxygen atoms in total. The molecular weight excluding hydrogens is 322 g/mol. The first-order chi connectivity index (χ1) is 8.84. The molecular formula is C15H24BrNOS. The second-order valence-corrected chi connectivity index (χ2v) is 8.25. The number of rotatable bonds is 6. The molecule has 19 heavy (non-hydrogen) atoms. The Kier molecular flexibility index (Phi) is 6.71. The van der Waals surface area contributed by atoms with E-state index in [0.29, 0.717) is 5.75 Å². The van der Waals surface area contributed by atoms with E-state index < -0.39 is 10.8 Å². The van der Waals surface area contributed by atoms with Crippen LogP contribution in [0.15, 0.2) is 33.6 Å². The Balaban J connectivity index is 2.73. The predicted molar refractivity (Wildman–Crippen MR) is 87.0 cm³/mol. The summed E-state index contributed by atoms with van der Waals surface area (Å²) in [7, 11) is -0.955. The Morgan fingerprint density at radius 1 is 1.26 bits per heavy atom. The standard InChI is InChI=1S/C15H24BrNOS/c1-5-10-17-14(15(2,3)4)11-19(18)13-8-6-12(16)7-9-13/h6-9,14,17H,5,10-11H2,1-4H3. The minimum absolute atomic E-state index is 0.111. The van der Waals surface area contributed by atoms with Crippen molar-refractivity contribution in [3.63, 3.8) is 0 Å². The highest BCUT2D eigenvalue weighted by Crippen LogP contribution is 2.22. The van der Waals surface area contributed by atoms with E-state index in [0.717, 1.165) is 22.3 Å². The molecule has 0 aliphatic heterocycles. The molecule has 0 spiro atoms. The summed E-state index contributed by atoms with van der Waals surface area (Å²) in [5, 5.41) is 3.52. The van der Waals surface area contributed by atoms with Gasteiger partial charge in [-0.1, -0.05) is 43.6 Å². The van der Waals surface area contributed by atoms with E-state index in [1.54, 1.807) is 0 Å². The zero-order valence-electron chi connectivity index (χ0n) is 12.2. The molecule has 0 aliphatic carbocycles. The molecule has 2 atom stereocenters. The Labute approximate surface area is 128 Å². The third kappa shape index (κ3) is 5.76. The van der Waals surface area contributed by atoms with Gasteiger partial charge in [-0.05, 0) is 42.6 Å². The van der Waals surface area contributed by atoms with E-state index in [1.807, 2.05) is 24.3 Å². The summed E-state index contributed by atoms with van der Waals surface area (Å²) in [5.41, 5.74) is 0.111. The lowest BCUT2D eigenvalue weighted by Gasteiger charge is -2.31. The van der Waals surface area contributed by atoms with Crippen molar-refractivity contribution in [3.05, 3.63) is 28.7 Å². The fraction of sp³-hybridized carbons (Fsp3) is 0.600. The molecule has 1 aromatic carbocycles. The summed E-state index contributed by atoms with van der Waals surface area (Å²) >= 11 is 3.40. The molecule has 1 aromatic rings. The van der Waals surface area contributed by atoms with Crippen molar-refractivity contribution < 1.29 is 4.21 Å². The van der Waals surface area contributed by atoms with E-state index in [9.17, 15) is 4.21 Å². The van der Waals surface area contributed by atoms with E-state index in [4.69, 9.17) is 0 Å². The van der Waals surface area contributed by atoms with Gasteiger partial charge in [0, 0.05) is 21.2 Å². The molecule has 0 heterocycles. The lowest BCUT2D eigenvalue weighted by Crippen LogP contribution is -2.44. The maximum absolute atomic E-state index is 12.4. The van der Waals surface area contributed by atoms with Crippen LogP contribution < -0.4 is 5.32 Å². The molecule has 0 saturated heterocycles.